The molecule has 0 saturated heterocycles. The van der Waals surface area contributed by atoms with E-state index in [0.29, 0.717) is 11.0 Å². The molecule has 2 rings (SSSR count). The fourth-order valence-electron chi connectivity index (χ4n) is 1.29. The van der Waals surface area contributed by atoms with Crippen LogP contribution < -0.4 is 0 Å². The molecule has 2 nitrogen and oxygen atoms in total. The van der Waals surface area contributed by atoms with E-state index in [0.717, 1.165) is 20.2 Å². The van der Waals surface area contributed by atoms with Crippen LogP contribution in [-0.2, 0) is 0 Å². The predicted octanol–water partition coefficient (Wildman–Crippen LogP) is 4.63. The van der Waals surface area contributed by atoms with Gasteiger partial charge in [-0.2, -0.15) is 0 Å². The van der Waals surface area contributed by atoms with Crippen LogP contribution in [0.25, 0.3) is 11.4 Å². The van der Waals surface area contributed by atoms with Gasteiger partial charge in [0, 0.05) is 20.2 Å². The van der Waals surface area contributed by atoms with Gasteiger partial charge < -0.3 is 0 Å². The lowest BCUT2D eigenvalue weighted by molar-refractivity contribution is 1.11. The molecule has 0 fully saturated rings. The summed E-state index contributed by atoms with van der Waals surface area (Å²) in [5.74, 6) is 0.637. The first-order valence-electron chi connectivity index (χ1n) is 4.53. The summed E-state index contributed by atoms with van der Waals surface area (Å²) in [5, 5.41) is 0.460. The Kier molecular flexibility index (Phi) is 3.62. The van der Waals surface area contributed by atoms with Gasteiger partial charge in [0.2, 0.25) is 0 Å². The molecule has 0 spiro atoms. The van der Waals surface area contributed by atoms with E-state index in [1.165, 1.54) is 0 Å². The lowest BCUT2D eigenvalue weighted by Crippen LogP contribution is -1.92. The fourth-order valence-corrected chi connectivity index (χ4v) is 2.16. The molecule has 0 atom stereocenters. The summed E-state index contributed by atoms with van der Waals surface area (Å²) in [6, 6.07) is 7.58. The highest BCUT2D eigenvalue weighted by molar-refractivity contribution is 9.13. The average Bonchev–Trinajstić information content (AvgIpc) is 2.20. The fraction of sp³-hybridized carbons (Fsp3) is 0.0909. The third kappa shape index (κ3) is 2.62. The van der Waals surface area contributed by atoms with Crippen LogP contribution in [0, 0.1) is 6.92 Å². The van der Waals surface area contributed by atoms with Crippen molar-refractivity contribution in [3.63, 3.8) is 0 Å². The normalized spacial score (nSPS) is 10.5. The molecule has 0 aliphatic carbocycles. The summed E-state index contributed by atoms with van der Waals surface area (Å²) < 4.78 is 1.96. The minimum absolute atomic E-state index is 0.460. The second-order valence-electron chi connectivity index (χ2n) is 3.28. The van der Waals surface area contributed by atoms with Crippen LogP contribution in [0.4, 0.5) is 0 Å². The summed E-state index contributed by atoms with van der Waals surface area (Å²) in [7, 11) is 0. The van der Waals surface area contributed by atoms with E-state index in [4.69, 9.17) is 11.6 Å². The molecule has 0 unspecified atom stereocenters. The number of aromatic nitrogens is 2. The lowest BCUT2D eigenvalue weighted by Gasteiger charge is -2.04. The van der Waals surface area contributed by atoms with Crippen LogP contribution in [0.2, 0.25) is 5.15 Å². The molecule has 16 heavy (non-hydrogen) atoms. The zero-order valence-electron chi connectivity index (χ0n) is 8.34. The molecular formula is C11H7Br2ClN2. The maximum Gasteiger partial charge on any atom is 0.161 e. The molecule has 0 bridgehead atoms. The van der Waals surface area contributed by atoms with Crippen molar-refractivity contribution in [3.8, 4) is 11.4 Å². The molecule has 1 aromatic carbocycles. The van der Waals surface area contributed by atoms with Gasteiger partial charge in [-0.25, -0.2) is 9.97 Å². The van der Waals surface area contributed by atoms with E-state index in [1.54, 1.807) is 6.07 Å². The quantitative estimate of drug-likeness (QED) is 0.691. The maximum absolute atomic E-state index is 5.90. The minimum Gasteiger partial charge on any atom is -0.233 e. The Labute approximate surface area is 115 Å². The Balaban J connectivity index is 2.54. The van der Waals surface area contributed by atoms with Crippen molar-refractivity contribution in [3.05, 3.63) is 44.1 Å². The van der Waals surface area contributed by atoms with Crippen molar-refractivity contribution in [1.29, 1.82) is 0 Å². The predicted molar refractivity (Wildman–Crippen MR) is 72.6 cm³/mol. The molecular weight excluding hydrogens is 355 g/mol. The SMILES string of the molecule is Cc1cc(Cl)nc(-c2ccc(Br)c(Br)c2)n1. The number of hydrogen-bond acceptors (Lipinski definition) is 2. The number of rotatable bonds is 1. The van der Waals surface area contributed by atoms with Crippen LogP contribution in [0.5, 0.6) is 0 Å². The molecule has 1 heterocycles. The van der Waals surface area contributed by atoms with Gasteiger partial charge in [-0.05, 0) is 63.0 Å². The van der Waals surface area contributed by atoms with Crippen molar-refractivity contribution in [2.75, 3.05) is 0 Å². The summed E-state index contributed by atoms with van der Waals surface area (Å²) in [4.78, 5) is 8.54. The highest BCUT2D eigenvalue weighted by Crippen LogP contribution is 2.28. The molecule has 5 heteroatoms. The molecule has 82 valence electrons. The Morgan fingerprint density at radius 2 is 1.81 bits per heavy atom. The third-order valence-corrected chi connectivity index (χ3v) is 4.07. The highest BCUT2D eigenvalue weighted by Gasteiger charge is 2.06. The number of nitrogens with zero attached hydrogens (tertiary/aromatic N) is 2. The van der Waals surface area contributed by atoms with Gasteiger partial charge in [0.25, 0.3) is 0 Å². The summed E-state index contributed by atoms with van der Waals surface area (Å²) in [6.45, 7) is 1.89. The zero-order chi connectivity index (χ0) is 11.7. The molecule has 0 saturated carbocycles. The Hall–Kier alpha value is -0.450. The Morgan fingerprint density at radius 1 is 1.06 bits per heavy atom. The van der Waals surface area contributed by atoms with Crippen molar-refractivity contribution < 1.29 is 0 Å². The van der Waals surface area contributed by atoms with E-state index in [1.807, 2.05) is 25.1 Å². The highest BCUT2D eigenvalue weighted by atomic mass is 79.9. The number of benzene rings is 1. The summed E-state index contributed by atoms with van der Waals surface area (Å²) in [6.07, 6.45) is 0. The van der Waals surface area contributed by atoms with Gasteiger partial charge in [0.05, 0.1) is 0 Å². The van der Waals surface area contributed by atoms with Crippen molar-refractivity contribution >= 4 is 43.5 Å². The average molecular weight is 362 g/mol. The molecule has 0 aliphatic heterocycles. The molecule has 0 aliphatic rings. The molecule has 2 aromatic rings. The number of halogens is 3. The van der Waals surface area contributed by atoms with Gasteiger partial charge in [-0.15, -0.1) is 0 Å². The largest absolute Gasteiger partial charge is 0.233 e. The van der Waals surface area contributed by atoms with Crippen LogP contribution in [0.1, 0.15) is 5.69 Å². The van der Waals surface area contributed by atoms with Gasteiger partial charge in [0.1, 0.15) is 5.15 Å². The van der Waals surface area contributed by atoms with Crippen LogP contribution >= 0.6 is 43.5 Å². The van der Waals surface area contributed by atoms with Crippen LogP contribution in [0.15, 0.2) is 33.2 Å². The topological polar surface area (TPSA) is 25.8 Å². The Bertz CT molecular complexity index is 523. The first kappa shape index (κ1) is 12.0. The van der Waals surface area contributed by atoms with E-state index >= 15 is 0 Å². The van der Waals surface area contributed by atoms with E-state index in [2.05, 4.69) is 41.8 Å². The van der Waals surface area contributed by atoms with Gasteiger partial charge in [-0.3, -0.25) is 0 Å². The van der Waals surface area contributed by atoms with Crippen molar-refractivity contribution in [2.45, 2.75) is 6.92 Å². The molecule has 1 aromatic heterocycles. The van der Waals surface area contributed by atoms with Crippen LogP contribution in [-0.4, -0.2) is 9.97 Å². The number of hydrogen-bond donors (Lipinski definition) is 0. The van der Waals surface area contributed by atoms with Crippen molar-refractivity contribution in [2.24, 2.45) is 0 Å². The lowest BCUT2D eigenvalue weighted by atomic mass is 10.2. The third-order valence-electron chi connectivity index (χ3n) is 2.00. The van der Waals surface area contributed by atoms with Gasteiger partial charge in [-0.1, -0.05) is 11.6 Å². The van der Waals surface area contributed by atoms with E-state index in [-0.39, 0.29) is 0 Å². The molecule has 0 amide bonds. The van der Waals surface area contributed by atoms with E-state index in [9.17, 15) is 0 Å². The Morgan fingerprint density at radius 3 is 2.44 bits per heavy atom. The summed E-state index contributed by atoms with van der Waals surface area (Å²) in [5.41, 5.74) is 1.79. The van der Waals surface area contributed by atoms with Gasteiger partial charge in [0.15, 0.2) is 5.82 Å². The number of aryl methyl sites for hydroxylation is 1. The first-order valence-corrected chi connectivity index (χ1v) is 6.49. The second-order valence-corrected chi connectivity index (χ2v) is 5.38. The second kappa shape index (κ2) is 4.82. The monoisotopic (exact) mass is 360 g/mol. The van der Waals surface area contributed by atoms with Crippen molar-refractivity contribution in [1.82, 2.24) is 9.97 Å². The molecule has 0 N–H and O–H groups in total. The standard InChI is InChI=1S/C11H7Br2ClN2/c1-6-4-10(14)16-11(15-6)7-2-3-8(12)9(13)5-7/h2-5H,1H3. The smallest absolute Gasteiger partial charge is 0.161 e. The van der Waals surface area contributed by atoms with Gasteiger partial charge >= 0.3 is 0 Å². The minimum atomic E-state index is 0.460. The van der Waals surface area contributed by atoms with E-state index < -0.39 is 0 Å². The molecule has 0 radical (unpaired) electrons. The zero-order valence-corrected chi connectivity index (χ0v) is 12.3. The van der Waals surface area contributed by atoms with Crippen LogP contribution in [0.3, 0.4) is 0 Å². The maximum atomic E-state index is 5.90. The summed E-state index contributed by atoms with van der Waals surface area (Å²) >= 11 is 12.8. The first-order chi connectivity index (χ1) is 7.56.